The van der Waals surface area contributed by atoms with Gasteiger partial charge >= 0.3 is 6.18 Å². The normalized spacial score (nSPS) is 11.5. The Kier molecular flexibility index (Phi) is 8.76. The maximum atomic E-state index is 13.0. The van der Waals surface area contributed by atoms with Gasteiger partial charge < -0.3 is 14.6 Å². The largest absolute Gasteiger partial charge is 0.417 e. The number of amides is 1. The monoisotopic (exact) mass is 498 g/mol. The van der Waals surface area contributed by atoms with Gasteiger partial charge in [-0.05, 0) is 30.2 Å². The molecule has 0 atom stereocenters. The van der Waals surface area contributed by atoms with Gasteiger partial charge in [0.1, 0.15) is 5.82 Å². The lowest BCUT2D eigenvalue weighted by Gasteiger charge is -2.12. The number of rotatable bonds is 10. The number of halogens is 4. The Balaban J connectivity index is 1.64. The highest BCUT2D eigenvalue weighted by Crippen LogP contribution is 2.36. The highest BCUT2D eigenvalue weighted by atomic mass is 35.5. The van der Waals surface area contributed by atoms with Crippen LogP contribution >= 0.6 is 23.4 Å². The van der Waals surface area contributed by atoms with E-state index in [1.54, 1.807) is 7.11 Å². The van der Waals surface area contributed by atoms with Crippen LogP contribution in [0.25, 0.3) is 0 Å². The van der Waals surface area contributed by atoms with E-state index in [0.29, 0.717) is 24.7 Å². The van der Waals surface area contributed by atoms with Crippen LogP contribution in [-0.4, -0.2) is 40.1 Å². The van der Waals surface area contributed by atoms with Crippen molar-refractivity contribution in [2.45, 2.75) is 30.7 Å². The molecule has 0 aliphatic carbocycles. The van der Waals surface area contributed by atoms with Crippen LogP contribution in [0.1, 0.15) is 17.0 Å². The fraction of sp³-hybridized carbons (Fsp3) is 0.318. The van der Waals surface area contributed by atoms with Crippen molar-refractivity contribution >= 4 is 35.0 Å². The quantitative estimate of drug-likeness (QED) is 0.393. The summed E-state index contributed by atoms with van der Waals surface area (Å²) < 4.78 is 46.1. The van der Waals surface area contributed by atoms with Gasteiger partial charge in [0.25, 0.3) is 0 Å². The Morgan fingerprint density at radius 3 is 2.61 bits per heavy atom. The van der Waals surface area contributed by atoms with Crippen LogP contribution in [-0.2, 0) is 35.1 Å². The SMILES string of the molecule is COCCn1c(CCc2ccccc2)nnc1SCC(=O)Nc1ccc(Cl)c(C(F)(F)F)c1. The van der Waals surface area contributed by atoms with Crippen molar-refractivity contribution < 1.29 is 22.7 Å². The molecule has 0 bridgehead atoms. The van der Waals surface area contributed by atoms with Crippen LogP contribution in [0.15, 0.2) is 53.7 Å². The fourth-order valence-corrected chi connectivity index (χ4v) is 4.07. The Bertz CT molecular complexity index is 1080. The maximum absolute atomic E-state index is 13.0. The summed E-state index contributed by atoms with van der Waals surface area (Å²) in [6.45, 7) is 0.963. The number of ether oxygens (including phenoxy) is 1. The van der Waals surface area contributed by atoms with Crippen LogP contribution in [0, 0.1) is 0 Å². The third-order valence-electron chi connectivity index (χ3n) is 4.68. The lowest BCUT2D eigenvalue weighted by molar-refractivity contribution is -0.137. The van der Waals surface area contributed by atoms with Crippen molar-refractivity contribution in [3.63, 3.8) is 0 Å². The smallest absolute Gasteiger partial charge is 0.383 e. The Hall–Kier alpha value is -2.56. The lowest BCUT2D eigenvalue weighted by atomic mass is 10.1. The lowest BCUT2D eigenvalue weighted by Crippen LogP contribution is -2.16. The number of nitrogens with one attached hydrogen (secondary N) is 1. The molecule has 11 heteroatoms. The number of anilines is 1. The summed E-state index contributed by atoms with van der Waals surface area (Å²) in [4.78, 5) is 12.3. The first kappa shape index (κ1) is 25.1. The van der Waals surface area contributed by atoms with E-state index < -0.39 is 22.7 Å². The van der Waals surface area contributed by atoms with Crippen molar-refractivity contribution in [1.82, 2.24) is 14.8 Å². The highest BCUT2D eigenvalue weighted by molar-refractivity contribution is 7.99. The summed E-state index contributed by atoms with van der Waals surface area (Å²) in [5, 5.41) is 11.0. The number of thioether (sulfide) groups is 1. The van der Waals surface area contributed by atoms with Crippen molar-refractivity contribution in [2.75, 3.05) is 24.8 Å². The number of carbonyl (C=O) groups is 1. The second-order valence-electron chi connectivity index (χ2n) is 7.06. The molecule has 1 heterocycles. The first-order valence-electron chi connectivity index (χ1n) is 10.0. The molecular weight excluding hydrogens is 477 g/mol. The van der Waals surface area contributed by atoms with Crippen LogP contribution in [0.4, 0.5) is 18.9 Å². The van der Waals surface area contributed by atoms with Crippen molar-refractivity contribution in [3.8, 4) is 0 Å². The molecule has 176 valence electrons. The van der Waals surface area contributed by atoms with Crippen LogP contribution in [0.2, 0.25) is 5.02 Å². The van der Waals surface area contributed by atoms with E-state index in [9.17, 15) is 18.0 Å². The molecule has 1 N–H and O–H groups in total. The van der Waals surface area contributed by atoms with E-state index >= 15 is 0 Å². The Morgan fingerprint density at radius 2 is 1.91 bits per heavy atom. The molecule has 3 rings (SSSR count). The number of aryl methyl sites for hydroxylation is 2. The summed E-state index contributed by atoms with van der Waals surface area (Å²) in [7, 11) is 1.59. The molecule has 1 amide bonds. The number of alkyl halides is 3. The zero-order chi connectivity index (χ0) is 23.8. The number of benzene rings is 2. The number of nitrogens with zero attached hydrogens (tertiary/aromatic N) is 3. The molecule has 1 aromatic heterocycles. The van der Waals surface area contributed by atoms with Gasteiger partial charge in [-0.3, -0.25) is 4.79 Å². The van der Waals surface area contributed by atoms with E-state index in [2.05, 4.69) is 15.5 Å². The fourth-order valence-electron chi connectivity index (χ4n) is 3.07. The molecule has 0 saturated carbocycles. The van der Waals surface area contributed by atoms with Gasteiger partial charge in [0, 0.05) is 25.8 Å². The maximum Gasteiger partial charge on any atom is 0.417 e. The predicted octanol–water partition coefficient (Wildman–Crippen LogP) is 5.11. The molecule has 0 unspecified atom stereocenters. The molecule has 0 fully saturated rings. The summed E-state index contributed by atoms with van der Waals surface area (Å²) in [6.07, 6.45) is -3.16. The summed E-state index contributed by atoms with van der Waals surface area (Å²) in [5.74, 6) is 0.252. The number of hydrogen-bond donors (Lipinski definition) is 1. The summed E-state index contributed by atoms with van der Waals surface area (Å²) in [6, 6.07) is 13.2. The molecule has 0 aliphatic rings. The van der Waals surface area contributed by atoms with E-state index in [4.69, 9.17) is 16.3 Å². The van der Waals surface area contributed by atoms with Gasteiger partial charge in [0.15, 0.2) is 5.16 Å². The second kappa shape index (κ2) is 11.5. The van der Waals surface area contributed by atoms with E-state index in [1.165, 1.54) is 11.6 Å². The van der Waals surface area contributed by atoms with Crippen molar-refractivity contribution in [1.29, 1.82) is 0 Å². The van der Waals surface area contributed by atoms with Crippen LogP contribution < -0.4 is 5.32 Å². The van der Waals surface area contributed by atoms with Gasteiger partial charge in [-0.15, -0.1) is 10.2 Å². The molecule has 2 aromatic carbocycles. The van der Waals surface area contributed by atoms with E-state index in [-0.39, 0.29) is 11.4 Å². The number of carbonyl (C=O) groups excluding carboxylic acids is 1. The molecular formula is C22H22ClF3N4O2S. The zero-order valence-electron chi connectivity index (χ0n) is 17.7. The van der Waals surface area contributed by atoms with E-state index in [1.807, 2.05) is 34.9 Å². The van der Waals surface area contributed by atoms with Gasteiger partial charge in [0.2, 0.25) is 5.91 Å². The Morgan fingerprint density at radius 1 is 1.15 bits per heavy atom. The third kappa shape index (κ3) is 7.21. The van der Waals surface area contributed by atoms with Gasteiger partial charge in [-0.1, -0.05) is 53.7 Å². The minimum atomic E-state index is -4.61. The molecule has 33 heavy (non-hydrogen) atoms. The zero-order valence-corrected chi connectivity index (χ0v) is 19.3. The average Bonchev–Trinajstić information content (AvgIpc) is 3.17. The number of aromatic nitrogens is 3. The topological polar surface area (TPSA) is 69.0 Å². The average molecular weight is 499 g/mol. The minimum absolute atomic E-state index is 0.0155. The minimum Gasteiger partial charge on any atom is -0.383 e. The molecule has 0 saturated heterocycles. The molecule has 0 spiro atoms. The third-order valence-corrected chi connectivity index (χ3v) is 5.98. The second-order valence-corrected chi connectivity index (χ2v) is 8.41. The van der Waals surface area contributed by atoms with Crippen molar-refractivity contribution in [3.05, 3.63) is 70.5 Å². The molecule has 3 aromatic rings. The Labute approximate surface area is 198 Å². The van der Waals surface area contributed by atoms with Gasteiger partial charge in [-0.25, -0.2) is 0 Å². The highest BCUT2D eigenvalue weighted by Gasteiger charge is 2.33. The van der Waals surface area contributed by atoms with Crippen LogP contribution in [0.3, 0.4) is 0 Å². The first-order chi connectivity index (χ1) is 15.8. The molecule has 0 aliphatic heterocycles. The standard InChI is InChI=1S/C22H22ClF3N4O2S/c1-32-12-11-30-19(10-7-15-5-3-2-4-6-15)28-29-21(30)33-14-20(31)27-16-8-9-18(23)17(13-16)22(24,25)26/h2-6,8-9,13H,7,10-12,14H2,1H3,(H,27,31). The number of methoxy groups -OCH3 is 1. The van der Waals surface area contributed by atoms with Crippen LogP contribution in [0.5, 0.6) is 0 Å². The first-order valence-corrected chi connectivity index (χ1v) is 11.4. The number of hydrogen-bond acceptors (Lipinski definition) is 5. The summed E-state index contributed by atoms with van der Waals surface area (Å²) >= 11 is 6.77. The predicted molar refractivity (Wildman–Crippen MR) is 122 cm³/mol. The summed E-state index contributed by atoms with van der Waals surface area (Å²) in [5.41, 5.74) is 0.187. The molecule has 0 radical (unpaired) electrons. The van der Waals surface area contributed by atoms with Crippen molar-refractivity contribution in [2.24, 2.45) is 0 Å². The van der Waals surface area contributed by atoms with Gasteiger partial charge in [0.05, 0.1) is 22.9 Å². The van der Waals surface area contributed by atoms with Gasteiger partial charge in [-0.2, -0.15) is 13.2 Å². The van der Waals surface area contributed by atoms with E-state index in [0.717, 1.165) is 36.1 Å². The molecule has 6 nitrogen and oxygen atoms in total.